The molecule has 1 atom stereocenters. The average molecular weight is 264 g/mol. The van der Waals surface area contributed by atoms with Crippen LogP contribution in [0.5, 0.6) is 0 Å². The Labute approximate surface area is 102 Å². The molecule has 4 nitrogen and oxygen atoms in total. The van der Waals surface area contributed by atoms with E-state index >= 15 is 0 Å². The van der Waals surface area contributed by atoms with Crippen LogP contribution in [0.2, 0.25) is 0 Å². The third kappa shape index (κ3) is 3.12. The molecule has 2 aliphatic rings. The van der Waals surface area contributed by atoms with Gasteiger partial charge >= 0.3 is 0 Å². The van der Waals surface area contributed by atoms with Gasteiger partial charge in [-0.05, 0) is 19.8 Å². The SMILES string of the molecule is CC(CNC1CC1)S(=O)(=O)N1CCSCC1. The maximum Gasteiger partial charge on any atom is 0.218 e. The number of nitrogens with zero attached hydrogens (tertiary/aromatic N) is 1. The molecule has 0 bridgehead atoms. The summed E-state index contributed by atoms with van der Waals surface area (Å²) in [5.41, 5.74) is 0. The number of hydrogen-bond donors (Lipinski definition) is 1. The first-order valence-corrected chi connectivity index (χ1v) is 8.56. The third-order valence-corrected chi connectivity index (χ3v) is 6.32. The van der Waals surface area contributed by atoms with Crippen LogP contribution in [0.1, 0.15) is 19.8 Å². The summed E-state index contributed by atoms with van der Waals surface area (Å²) in [5, 5.41) is 3.00. The number of thioether (sulfide) groups is 1. The smallest absolute Gasteiger partial charge is 0.218 e. The van der Waals surface area contributed by atoms with Crippen LogP contribution in [0.15, 0.2) is 0 Å². The predicted molar refractivity (Wildman–Crippen MR) is 68.3 cm³/mol. The standard InChI is InChI=1S/C10H20N2O2S2/c1-9(8-11-10-2-3-10)16(13,14)12-4-6-15-7-5-12/h9-11H,2-8H2,1H3. The molecule has 0 radical (unpaired) electrons. The zero-order chi connectivity index (χ0) is 11.6. The Morgan fingerprint density at radius 1 is 1.38 bits per heavy atom. The molecule has 0 aromatic rings. The first-order chi connectivity index (χ1) is 7.60. The van der Waals surface area contributed by atoms with Crippen molar-refractivity contribution < 1.29 is 8.42 Å². The first-order valence-electron chi connectivity index (χ1n) is 5.91. The third-order valence-electron chi connectivity index (χ3n) is 3.11. The zero-order valence-electron chi connectivity index (χ0n) is 9.68. The number of sulfonamides is 1. The normalized spacial score (nSPS) is 25.6. The summed E-state index contributed by atoms with van der Waals surface area (Å²) in [6, 6.07) is 0.578. The van der Waals surface area contributed by atoms with Crippen molar-refractivity contribution in [2.75, 3.05) is 31.1 Å². The van der Waals surface area contributed by atoms with Crippen LogP contribution in [0.3, 0.4) is 0 Å². The van der Waals surface area contributed by atoms with Crippen LogP contribution >= 0.6 is 11.8 Å². The van der Waals surface area contributed by atoms with Crippen LogP contribution in [-0.4, -0.2) is 55.2 Å². The highest BCUT2D eigenvalue weighted by molar-refractivity contribution is 7.99. The largest absolute Gasteiger partial charge is 0.313 e. The minimum absolute atomic E-state index is 0.295. The molecule has 1 aliphatic carbocycles. The van der Waals surface area contributed by atoms with Crippen LogP contribution in [0.4, 0.5) is 0 Å². The summed E-state index contributed by atoms with van der Waals surface area (Å²) in [7, 11) is -3.07. The van der Waals surface area contributed by atoms with Crippen molar-refractivity contribution >= 4 is 21.8 Å². The van der Waals surface area contributed by atoms with Crippen molar-refractivity contribution in [3.63, 3.8) is 0 Å². The molecule has 0 amide bonds. The summed E-state index contributed by atoms with van der Waals surface area (Å²) in [6.45, 7) is 3.77. The van der Waals surface area contributed by atoms with Gasteiger partial charge in [0.15, 0.2) is 0 Å². The second-order valence-corrected chi connectivity index (χ2v) is 8.13. The molecule has 16 heavy (non-hydrogen) atoms. The van der Waals surface area contributed by atoms with Crippen molar-refractivity contribution in [1.82, 2.24) is 9.62 Å². The monoisotopic (exact) mass is 264 g/mol. The summed E-state index contributed by atoms with van der Waals surface area (Å²) in [4.78, 5) is 0. The van der Waals surface area contributed by atoms with Gasteiger partial charge in [0.05, 0.1) is 5.25 Å². The van der Waals surface area contributed by atoms with Gasteiger partial charge in [0.25, 0.3) is 0 Å². The number of nitrogens with one attached hydrogen (secondary N) is 1. The van der Waals surface area contributed by atoms with Gasteiger partial charge in [0.2, 0.25) is 10.0 Å². The predicted octanol–water partition coefficient (Wildman–Crippen LogP) is 0.506. The molecule has 1 aliphatic heterocycles. The molecule has 94 valence electrons. The summed E-state index contributed by atoms with van der Waals surface area (Å²) in [5.74, 6) is 1.87. The fourth-order valence-corrected chi connectivity index (χ4v) is 4.42. The summed E-state index contributed by atoms with van der Waals surface area (Å²) < 4.78 is 26.0. The maximum atomic E-state index is 12.2. The Balaban J connectivity index is 1.87. The van der Waals surface area contributed by atoms with Crippen LogP contribution in [-0.2, 0) is 10.0 Å². The second kappa shape index (κ2) is 5.25. The van der Waals surface area contributed by atoms with Gasteiger partial charge in [-0.25, -0.2) is 12.7 Å². The molecule has 1 N–H and O–H groups in total. The van der Waals surface area contributed by atoms with Gasteiger partial charge in [-0.3, -0.25) is 0 Å². The molecule has 2 rings (SSSR count). The minimum Gasteiger partial charge on any atom is -0.313 e. The lowest BCUT2D eigenvalue weighted by Gasteiger charge is -2.28. The lowest BCUT2D eigenvalue weighted by Crippen LogP contribution is -2.45. The highest BCUT2D eigenvalue weighted by atomic mass is 32.2. The molecule has 6 heteroatoms. The minimum atomic E-state index is -3.07. The van der Waals surface area contributed by atoms with Crippen LogP contribution < -0.4 is 5.32 Å². The molecule has 2 fully saturated rings. The van der Waals surface area contributed by atoms with Crippen molar-refractivity contribution in [3.05, 3.63) is 0 Å². The van der Waals surface area contributed by atoms with E-state index in [1.54, 1.807) is 4.31 Å². The highest BCUT2D eigenvalue weighted by Gasteiger charge is 2.31. The molecule has 0 spiro atoms. The van der Waals surface area contributed by atoms with E-state index in [1.165, 1.54) is 12.8 Å². The van der Waals surface area contributed by atoms with Crippen molar-refractivity contribution in [3.8, 4) is 0 Å². The van der Waals surface area contributed by atoms with Crippen molar-refractivity contribution in [1.29, 1.82) is 0 Å². The van der Waals surface area contributed by atoms with E-state index < -0.39 is 10.0 Å². The Bertz CT molecular complexity index is 322. The zero-order valence-corrected chi connectivity index (χ0v) is 11.3. The number of hydrogen-bond acceptors (Lipinski definition) is 4. The van der Waals surface area contributed by atoms with Gasteiger partial charge in [0.1, 0.15) is 0 Å². The van der Waals surface area contributed by atoms with Crippen molar-refractivity contribution in [2.24, 2.45) is 0 Å². The van der Waals surface area contributed by atoms with Gasteiger partial charge in [-0.15, -0.1) is 0 Å². The summed E-state index contributed by atoms with van der Waals surface area (Å²) in [6.07, 6.45) is 2.40. The maximum absolute atomic E-state index is 12.2. The molecule has 1 unspecified atom stereocenters. The molecule has 0 aromatic carbocycles. The second-order valence-electron chi connectivity index (χ2n) is 4.55. The molecular formula is C10H20N2O2S2. The molecule has 1 saturated heterocycles. The van der Waals surface area contributed by atoms with Gasteiger partial charge in [-0.2, -0.15) is 11.8 Å². The summed E-state index contributed by atoms with van der Waals surface area (Å²) >= 11 is 1.83. The fourth-order valence-electron chi connectivity index (χ4n) is 1.78. The van der Waals surface area contributed by atoms with E-state index in [9.17, 15) is 8.42 Å². The van der Waals surface area contributed by atoms with E-state index in [-0.39, 0.29) is 5.25 Å². The van der Waals surface area contributed by atoms with Gasteiger partial charge in [0, 0.05) is 37.2 Å². The van der Waals surface area contributed by atoms with Crippen LogP contribution in [0, 0.1) is 0 Å². The van der Waals surface area contributed by atoms with E-state index in [2.05, 4.69) is 5.32 Å². The van der Waals surface area contributed by atoms with Gasteiger partial charge < -0.3 is 5.32 Å². The Morgan fingerprint density at radius 3 is 2.56 bits per heavy atom. The Hall–Kier alpha value is 0.220. The van der Waals surface area contributed by atoms with Crippen molar-refractivity contribution in [2.45, 2.75) is 31.1 Å². The highest BCUT2D eigenvalue weighted by Crippen LogP contribution is 2.20. The Kier molecular flexibility index (Phi) is 4.15. The molecular weight excluding hydrogens is 244 g/mol. The first kappa shape index (κ1) is 12.7. The molecule has 1 heterocycles. The quantitative estimate of drug-likeness (QED) is 0.786. The lowest BCUT2D eigenvalue weighted by atomic mass is 10.4. The van der Waals surface area contributed by atoms with E-state index in [0.29, 0.717) is 25.7 Å². The van der Waals surface area contributed by atoms with E-state index in [1.807, 2.05) is 18.7 Å². The van der Waals surface area contributed by atoms with E-state index in [0.717, 1.165) is 11.5 Å². The molecule has 0 aromatic heterocycles. The fraction of sp³-hybridized carbons (Fsp3) is 1.00. The van der Waals surface area contributed by atoms with Crippen LogP contribution in [0.25, 0.3) is 0 Å². The van der Waals surface area contributed by atoms with Gasteiger partial charge in [-0.1, -0.05) is 0 Å². The van der Waals surface area contributed by atoms with E-state index in [4.69, 9.17) is 0 Å². The topological polar surface area (TPSA) is 49.4 Å². The average Bonchev–Trinajstić information content (AvgIpc) is 3.11. The number of rotatable bonds is 5. The Morgan fingerprint density at radius 2 is 2.00 bits per heavy atom. The molecule has 1 saturated carbocycles. The lowest BCUT2D eigenvalue weighted by molar-refractivity contribution is 0.432.